The molecule has 18 heavy (non-hydrogen) atoms. The minimum Gasteiger partial charge on any atom is -0.465 e. The fourth-order valence-corrected chi connectivity index (χ4v) is 2.01. The van der Waals surface area contributed by atoms with Crippen LogP contribution in [-0.2, 0) is 16.1 Å². The van der Waals surface area contributed by atoms with Crippen LogP contribution in [0.5, 0.6) is 0 Å². The monoisotopic (exact) mass is 267 g/mol. The number of hydrogen-bond acceptors (Lipinski definition) is 7. The highest BCUT2D eigenvalue weighted by molar-refractivity contribution is 7.12. The quantitative estimate of drug-likeness (QED) is 0.792. The van der Waals surface area contributed by atoms with Crippen LogP contribution in [0.1, 0.15) is 9.67 Å². The number of amides is 1. The summed E-state index contributed by atoms with van der Waals surface area (Å²) >= 11 is 1.20. The first-order valence-corrected chi connectivity index (χ1v) is 5.75. The number of esters is 1. The smallest absolute Gasteiger partial charge is 0.350 e. The van der Waals surface area contributed by atoms with Gasteiger partial charge in [0, 0.05) is 0 Å². The first kappa shape index (κ1) is 12.2. The number of thiophene rings is 1. The highest BCUT2D eigenvalue weighted by atomic mass is 32.1. The molecule has 2 aromatic rings. The molecule has 0 aliphatic rings. The van der Waals surface area contributed by atoms with Crippen molar-refractivity contribution >= 4 is 28.9 Å². The third kappa shape index (κ3) is 2.69. The molecule has 0 aromatic carbocycles. The van der Waals surface area contributed by atoms with Crippen molar-refractivity contribution in [2.75, 3.05) is 12.4 Å². The van der Waals surface area contributed by atoms with Gasteiger partial charge in [0.2, 0.25) is 5.91 Å². The van der Waals surface area contributed by atoms with Crippen molar-refractivity contribution in [1.82, 2.24) is 20.2 Å². The van der Waals surface area contributed by atoms with Crippen molar-refractivity contribution in [1.29, 1.82) is 0 Å². The number of nitrogens with one attached hydrogen (secondary N) is 1. The van der Waals surface area contributed by atoms with Gasteiger partial charge in [-0.2, -0.15) is 0 Å². The van der Waals surface area contributed by atoms with E-state index >= 15 is 0 Å². The van der Waals surface area contributed by atoms with Gasteiger partial charge in [-0.3, -0.25) is 4.79 Å². The van der Waals surface area contributed by atoms with Gasteiger partial charge in [-0.05, 0) is 21.9 Å². The van der Waals surface area contributed by atoms with Gasteiger partial charge >= 0.3 is 5.97 Å². The summed E-state index contributed by atoms with van der Waals surface area (Å²) in [5.74, 6) is -0.812. The molecule has 9 heteroatoms. The standard InChI is InChI=1S/C9H9N5O3S/c1-17-9(16)8-6(2-3-18-8)11-7(15)4-14-5-10-12-13-14/h2-3,5H,4H2,1H3,(H,11,15). The summed E-state index contributed by atoms with van der Waals surface area (Å²) in [4.78, 5) is 23.4. The molecule has 2 aromatic heterocycles. The molecule has 0 atom stereocenters. The number of hydrogen-bond donors (Lipinski definition) is 1. The van der Waals surface area contributed by atoms with Gasteiger partial charge in [-0.25, -0.2) is 9.48 Å². The second kappa shape index (κ2) is 5.36. The summed E-state index contributed by atoms with van der Waals surface area (Å²) in [7, 11) is 1.29. The van der Waals surface area contributed by atoms with E-state index < -0.39 is 5.97 Å². The molecule has 0 unspecified atom stereocenters. The summed E-state index contributed by atoms with van der Waals surface area (Å²) in [6.45, 7) is -0.0243. The molecular formula is C9H9N5O3S. The number of ether oxygens (including phenoxy) is 1. The first-order valence-electron chi connectivity index (χ1n) is 4.87. The number of nitrogens with zero attached hydrogens (tertiary/aromatic N) is 4. The Morgan fingerprint density at radius 3 is 3.06 bits per heavy atom. The third-order valence-corrected chi connectivity index (χ3v) is 2.90. The van der Waals surface area contributed by atoms with Crippen LogP contribution in [0.4, 0.5) is 5.69 Å². The number of rotatable bonds is 4. The second-order valence-corrected chi connectivity index (χ2v) is 4.13. The molecule has 0 spiro atoms. The Labute approximate surface area is 106 Å². The van der Waals surface area contributed by atoms with E-state index in [1.54, 1.807) is 11.4 Å². The molecule has 2 rings (SSSR count). The second-order valence-electron chi connectivity index (χ2n) is 3.21. The van der Waals surface area contributed by atoms with Crippen molar-refractivity contribution in [3.8, 4) is 0 Å². The molecule has 94 valence electrons. The highest BCUT2D eigenvalue weighted by Gasteiger charge is 2.15. The lowest BCUT2D eigenvalue weighted by Crippen LogP contribution is -2.20. The van der Waals surface area contributed by atoms with Crippen LogP contribution in [0.3, 0.4) is 0 Å². The number of tetrazole rings is 1. The van der Waals surface area contributed by atoms with Crippen LogP contribution in [-0.4, -0.2) is 39.2 Å². The van der Waals surface area contributed by atoms with Crippen molar-refractivity contribution < 1.29 is 14.3 Å². The summed E-state index contributed by atoms with van der Waals surface area (Å²) < 4.78 is 5.88. The van der Waals surface area contributed by atoms with E-state index in [9.17, 15) is 9.59 Å². The molecule has 1 N–H and O–H groups in total. The van der Waals surface area contributed by atoms with E-state index in [0.717, 1.165) is 0 Å². The Kier molecular flexibility index (Phi) is 3.63. The molecule has 0 fully saturated rings. The number of aromatic nitrogens is 4. The lowest BCUT2D eigenvalue weighted by molar-refractivity contribution is -0.116. The van der Waals surface area contributed by atoms with Crippen LogP contribution in [0.15, 0.2) is 17.8 Å². The number of methoxy groups -OCH3 is 1. The molecule has 8 nitrogen and oxygen atoms in total. The number of carbonyl (C=O) groups is 2. The van der Waals surface area contributed by atoms with Crippen LogP contribution in [0.25, 0.3) is 0 Å². The zero-order valence-electron chi connectivity index (χ0n) is 9.36. The average molecular weight is 267 g/mol. The summed E-state index contributed by atoms with van der Waals surface area (Å²) in [5, 5.41) is 14.7. The van der Waals surface area contributed by atoms with E-state index in [-0.39, 0.29) is 12.5 Å². The first-order chi connectivity index (χ1) is 8.70. The maximum atomic E-state index is 11.7. The molecule has 1 amide bonds. The number of anilines is 1. The van der Waals surface area contributed by atoms with Crippen molar-refractivity contribution in [3.63, 3.8) is 0 Å². The highest BCUT2D eigenvalue weighted by Crippen LogP contribution is 2.22. The molecule has 0 saturated heterocycles. The van der Waals surface area contributed by atoms with Crippen molar-refractivity contribution in [2.45, 2.75) is 6.54 Å². The maximum absolute atomic E-state index is 11.7. The van der Waals surface area contributed by atoms with Gasteiger partial charge in [0.05, 0.1) is 12.8 Å². The zero-order chi connectivity index (χ0) is 13.0. The third-order valence-electron chi connectivity index (χ3n) is 2.01. The molecule has 0 aliphatic carbocycles. The van der Waals surface area contributed by atoms with Crippen LogP contribution in [0.2, 0.25) is 0 Å². The average Bonchev–Trinajstić information content (AvgIpc) is 2.99. The van der Waals surface area contributed by atoms with Crippen LogP contribution >= 0.6 is 11.3 Å². The van der Waals surface area contributed by atoms with Crippen molar-refractivity contribution in [2.24, 2.45) is 0 Å². The van der Waals surface area contributed by atoms with E-state index in [1.807, 2.05) is 0 Å². The molecule has 0 radical (unpaired) electrons. The fourth-order valence-electron chi connectivity index (χ4n) is 1.25. The Bertz CT molecular complexity index is 550. The van der Waals surface area contributed by atoms with E-state index in [0.29, 0.717) is 10.6 Å². The molecule has 0 aliphatic heterocycles. The van der Waals surface area contributed by atoms with Gasteiger partial charge in [0.25, 0.3) is 0 Å². The van der Waals surface area contributed by atoms with Gasteiger partial charge in [0.1, 0.15) is 17.7 Å². The predicted octanol–water partition coefficient (Wildman–Crippen LogP) is 0.160. The summed E-state index contributed by atoms with van der Waals surface area (Å²) in [6, 6.07) is 1.63. The lowest BCUT2D eigenvalue weighted by Gasteiger charge is -2.04. The Morgan fingerprint density at radius 2 is 2.39 bits per heavy atom. The molecule has 2 heterocycles. The Hall–Kier alpha value is -2.29. The normalized spacial score (nSPS) is 10.1. The Morgan fingerprint density at radius 1 is 1.56 bits per heavy atom. The van der Waals surface area contributed by atoms with Gasteiger partial charge < -0.3 is 10.1 Å². The van der Waals surface area contributed by atoms with E-state index in [1.165, 1.54) is 29.5 Å². The minimum absolute atomic E-state index is 0.0243. The number of carbonyl (C=O) groups excluding carboxylic acids is 2. The molecule has 0 saturated carbocycles. The summed E-state index contributed by atoms with van der Waals surface area (Å²) in [5.41, 5.74) is 0.421. The van der Waals surface area contributed by atoms with E-state index in [2.05, 4.69) is 25.6 Å². The van der Waals surface area contributed by atoms with Gasteiger partial charge in [0.15, 0.2) is 0 Å². The molecular weight excluding hydrogens is 258 g/mol. The largest absolute Gasteiger partial charge is 0.465 e. The predicted molar refractivity (Wildman–Crippen MR) is 62.1 cm³/mol. The van der Waals surface area contributed by atoms with E-state index in [4.69, 9.17) is 0 Å². The van der Waals surface area contributed by atoms with Crippen LogP contribution in [0, 0.1) is 0 Å². The zero-order valence-corrected chi connectivity index (χ0v) is 10.2. The van der Waals surface area contributed by atoms with Crippen LogP contribution < -0.4 is 5.32 Å². The Balaban J connectivity index is 2.03. The minimum atomic E-state index is -0.484. The van der Waals surface area contributed by atoms with Gasteiger partial charge in [-0.1, -0.05) is 0 Å². The molecule has 0 bridgehead atoms. The maximum Gasteiger partial charge on any atom is 0.350 e. The topological polar surface area (TPSA) is 99.0 Å². The SMILES string of the molecule is COC(=O)c1sccc1NC(=O)Cn1cnnn1. The fraction of sp³-hybridized carbons (Fsp3) is 0.222. The summed E-state index contributed by atoms with van der Waals surface area (Å²) in [6.07, 6.45) is 1.33. The van der Waals surface area contributed by atoms with Gasteiger partial charge in [-0.15, -0.1) is 16.4 Å². The van der Waals surface area contributed by atoms with Crippen molar-refractivity contribution in [3.05, 3.63) is 22.7 Å². The lowest BCUT2D eigenvalue weighted by atomic mass is 10.4.